The monoisotopic (exact) mass is 388 g/mol. The van der Waals surface area contributed by atoms with Gasteiger partial charge in [-0.15, -0.1) is 6.58 Å². The molecule has 2 aromatic rings. The van der Waals surface area contributed by atoms with Crippen LogP contribution < -0.4 is 5.32 Å². The summed E-state index contributed by atoms with van der Waals surface area (Å²) in [6.07, 6.45) is 1.49. The van der Waals surface area contributed by atoms with Crippen molar-refractivity contribution in [2.24, 2.45) is 5.92 Å². The first-order chi connectivity index (χ1) is 12.3. The molecule has 3 atom stereocenters. The summed E-state index contributed by atoms with van der Waals surface area (Å²) in [5.41, 5.74) is 2.61. The number of hydrogen-bond acceptors (Lipinski definition) is 3. The Morgan fingerprint density at radius 1 is 1.27 bits per heavy atom. The number of rotatable bonds is 3. The lowest BCUT2D eigenvalue weighted by Crippen LogP contribution is -2.45. The largest absolute Gasteiger partial charge is 0.368 e. The maximum atomic E-state index is 13.3. The Morgan fingerprint density at radius 3 is 2.62 bits per heavy atom. The molecule has 0 radical (unpaired) electrons. The number of fused-ring (bicyclic) bond motifs is 3. The molecule has 26 heavy (non-hydrogen) atoms. The second-order valence-electron chi connectivity index (χ2n) is 7.25. The van der Waals surface area contributed by atoms with E-state index in [0.717, 1.165) is 16.8 Å². The summed E-state index contributed by atoms with van der Waals surface area (Å²) >= 11 is 6.14. The van der Waals surface area contributed by atoms with Crippen LogP contribution in [0.25, 0.3) is 0 Å². The molecule has 2 aliphatic heterocycles. The van der Waals surface area contributed by atoms with Crippen molar-refractivity contribution in [3.05, 3.63) is 71.3 Å². The van der Waals surface area contributed by atoms with E-state index < -0.39 is 10.0 Å². The fourth-order valence-corrected chi connectivity index (χ4v) is 6.04. The fraction of sp³-hybridized carbons (Fsp3) is 0.300. The van der Waals surface area contributed by atoms with Gasteiger partial charge in [0, 0.05) is 28.6 Å². The summed E-state index contributed by atoms with van der Waals surface area (Å²) in [5, 5.41) is 4.02. The summed E-state index contributed by atoms with van der Waals surface area (Å²) in [5.74, 6) is 0.00245. The molecule has 2 heterocycles. The van der Waals surface area contributed by atoms with Crippen molar-refractivity contribution in [3.63, 3.8) is 0 Å². The maximum Gasteiger partial charge on any atom is 0.244 e. The number of nitrogens with zero attached hydrogens (tertiary/aromatic N) is 1. The minimum atomic E-state index is -3.63. The quantitative estimate of drug-likeness (QED) is 0.803. The molecule has 0 amide bonds. The van der Waals surface area contributed by atoms with Crippen LogP contribution in [0.5, 0.6) is 0 Å². The van der Waals surface area contributed by atoms with Gasteiger partial charge in [-0.05, 0) is 36.8 Å². The minimum Gasteiger partial charge on any atom is -0.368 e. The normalized spacial score (nSPS) is 27.7. The van der Waals surface area contributed by atoms with Gasteiger partial charge in [0.15, 0.2) is 0 Å². The van der Waals surface area contributed by atoms with Gasteiger partial charge < -0.3 is 5.32 Å². The first-order valence-corrected chi connectivity index (χ1v) is 10.4. The molecule has 1 saturated heterocycles. The van der Waals surface area contributed by atoms with Gasteiger partial charge in [-0.2, -0.15) is 4.31 Å². The van der Waals surface area contributed by atoms with E-state index in [0.29, 0.717) is 16.5 Å². The van der Waals surface area contributed by atoms with E-state index in [1.54, 1.807) is 16.4 Å². The fourth-order valence-electron chi connectivity index (χ4n) is 4.21. The molecule has 4 rings (SSSR count). The SMILES string of the molecule is C=CC1CN(S(=O)(=O)c2ccc(C)cc2)C2Nc3cc(Cl)ccc3C12C. The molecular formula is C20H21ClN2O2S. The molecule has 0 spiro atoms. The molecule has 0 saturated carbocycles. The summed E-state index contributed by atoms with van der Waals surface area (Å²) in [6, 6.07) is 12.7. The summed E-state index contributed by atoms with van der Waals surface area (Å²) in [4.78, 5) is 0.311. The Kier molecular flexibility index (Phi) is 3.95. The van der Waals surface area contributed by atoms with Gasteiger partial charge in [0.2, 0.25) is 10.0 Å². The number of benzene rings is 2. The van der Waals surface area contributed by atoms with Crippen LogP contribution in [-0.2, 0) is 15.4 Å². The smallest absolute Gasteiger partial charge is 0.244 e. The summed E-state index contributed by atoms with van der Waals surface area (Å²) in [7, 11) is -3.63. The predicted molar refractivity (Wildman–Crippen MR) is 105 cm³/mol. The van der Waals surface area contributed by atoms with Gasteiger partial charge in [0.05, 0.1) is 4.90 Å². The highest BCUT2D eigenvalue weighted by atomic mass is 35.5. The van der Waals surface area contributed by atoms with Crippen LogP contribution in [0.3, 0.4) is 0 Å². The third-order valence-corrected chi connectivity index (χ3v) is 7.85. The van der Waals surface area contributed by atoms with Crippen LogP contribution >= 0.6 is 11.6 Å². The topological polar surface area (TPSA) is 49.4 Å². The van der Waals surface area contributed by atoms with Gasteiger partial charge in [-0.3, -0.25) is 0 Å². The van der Waals surface area contributed by atoms with E-state index >= 15 is 0 Å². The zero-order valence-electron chi connectivity index (χ0n) is 14.7. The highest BCUT2D eigenvalue weighted by molar-refractivity contribution is 7.89. The Balaban J connectivity index is 1.82. The first-order valence-electron chi connectivity index (χ1n) is 8.56. The molecule has 2 aliphatic rings. The van der Waals surface area contributed by atoms with Crippen LogP contribution in [0.4, 0.5) is 5.69 Å². The average molecular weight is 389 g/mol. The highest BCUT2D eigenvalue weighted by Crippen LogP contribution is 2.53. The predicted octanol–water partition coefficient (Wildman–Crippen LogP) is 4.16. The Labute approximate surface area is 159 Å². The first kappa shape index (κ1) is 17.6. The van der Waals surface area contributed by atoms with Gasteiger partial charge >= 0.3 is 0 Å². The average Bonchev–Trinajstić information content (AvgIpc) is 3.04. The van der Waals surface area contributed by atoms with E-state index in [9.17, 15) is 8.42 Å². The second-order valence-corrected chi connectivity index (χ2v) is 9.58. The molecule has 3 unspecified atom stereocenters. The van der Waals surface area contributed by atoms with Crippen molar-refractivity contribution in [3.8, 4) is 0 Å². The summed E-state index contributed by atoms with van der Waals surface area (Å²) < 4.78 is 28.2. The Hall–Kier alpha value is -1.82. The van der Waals surface area contributed by atoms with E-state index in [2.05, 4.69) is 18.8 Å². The molecule has 6 heteroatoms. The van der Waals surface area contributed by atoms with Gasteiger partial charge in [0.25, 0.3) is 0 Å². The van der Waals surface area contributed by atoms with Gasteiger partial charge in [-0.25, -0.2) is 8.42 Å². The number of nitrogens with one attached hydrogen (secondary N) is 1. The molecule has 136 valence electrons. The molecule has 0 aromatic heterocycles. The molecule has 4 nitrogen and oxygen atoms in total. The Morgan fingerprint density at radius 2 is 1.96 bits per heavy atom. The number of hydrogen-bond donors (Lipinski definition) is 1. The number of sulfonamides is 1. The number of aryl methyl sites for hydroxylation is 1. The van der Waals surface area contributed by atoms with Crippen LogP contribution in [0, 0.1) is 12.8 Å². The highest BCUT2D eigenvalue weighted by Gasteiger charge is 2.58. The zero-order valence-corrected chi connectivity index (χ0v) is 16.3. The maximum absolute atomic E-state index is 13.3. The van der Waals surface area contributed by atoms with Gasteiger partial charge in [-0.1, -0.05) is 48.4 Å². The molecule has 2 aromatic carbocycles. The summed E-state index contributed by atoms with van der Waals surface area (Å²) in [6.45, 7) is 8.40. The molecule has 0 bridgehead atoms. The van der Waals surface area contributed by atoms with Crippen LogP contribution in [0.15, 0.2) is 60.0 Å². The molecular weight excluding hydrogens is 368 g/mol. The van der Waals surface area contributed by atoms with Crippen molar-refractivity contribution < 1.29 is 8.42 Å². The van der Waals surface area contributed by atoms with Crippen molar-refractivity contribution in [1.29, 1.82) is 0 Å². The van der Waals surface area contributed by atoms with Crippen LogP contribution in [-0.4, -0.2) is 25.4 Å². The van der Waals surface area contributed by atoms with Gasteiger partial charge in [0.1, 0.15) is 6.17 Å². The second kappa shape index (κ2) is 5.84. The number of anilines is 1. The third kappa shape index (κ3) is 2.34. The van der Waals surface area contributed by atoms with Crippen molar-refractivity contribution >= 4 is 27.3 Å². The Bertz CT molecular complexity index is 987. The van der Waals surface area contributed by atoms with Crippen molar-refractivity contribution in [2.75, 3.05) is 11.9 Å². The van der Waals surface area contributed by atoms with E-state index in [1.807, 2.05) is 43.3 Å². The lowest BCUT2D eigenvalue weighted by Gasteiger charge is -2.30. The molecule has 1 N–H and O–H groups in total. The molecule has 0 aliphatic carbocycles. The zero-order chi connectivity index (χ0) is 18.7. The standard InChI is InChI=1S/C20H21ClN2O2S/c1-4-14-12-23(26(24,25)16-8-5-13(2)6-9-16)19-20(14,3)17-10-7-15(21)11-18(17)22-19/h4-11,14,19,22H,1,12H2,2-3H3. The number of halogens is 1. The van der Waals surface area contributed by atoms with Crippen LogP contribution in [0.1, 0.15) is 18.1 Å². The third-order valence-electron chi connectivity index (χ3n) is 5.77. The van der Waals surface area contributed by atoms with Crippen molar-refractivity contribution in [2.45, 2.75) is 30.3 Å². The van der Waals surface area contributed by atoms with E-state index in [-0.39, 0.29) is 17.5 Å². The van der Waals surface area contributed by atoms with E-state index in [4.69, 9.17) is 11.6 Å². The van der Waals surface area contributed by atoms with E-state index in [1.165, 1.54) is 0 Å². The minimum absolute atomic E-state index is 0.00245. The van der Waals surface area contributed by atoms with Crippen molar-refractivity contribution in [1.82, 2.24) is 4.31 Å². The van der Waals surface area contributed by atoms with Crippen LogP contribution in [0.2, 0.25) is 5.02 Å². The molecule has 1 fully saturated rings. The lowest BCUT2D eigenvalue weighted by molar-refractivity contribution is 0.350. The lowest BCUT2D eigenvalue weighted by atomic mass is 9.74.